The first-order valence-corrected chi connectivity index (χ1v) is 10.4. The number of hydrogen-bond donors (Lipinski definition) is 1. The van der Waals surface area contributed by atoms with Gasteiger partial charge in [-0.3, -0.25) is 0 Å². The van der Waals surface area contributed by atoms with Gasteiger partial charge < -0.3 is 0 Å². The number of H-pyrrole nitrogens is 1. The molecule has 0 saturated heterocycles. The molecule has 30 heavy (non-hydrogen) atoms. The van der Waals surface area contributed by atoms with E-state index in [-0.39, 0.29) is 0 Å². The Morgan fingerprint density at radius 2 is 1.47 bits per heavy atom. The molecule has 0 saturated carbocycles. The van der Waals surface area contributed by atoms with E-state index in [0.717, 1.165) is 16.7 Å². The number of aryl methyl sites for hydroxylation is 3. The van der Waals surface area contributed by atoms with Crippen molar-refractivity contribution in [2.45, 2.75) is 20.8 Å². The largest absolute Gasteiger partial charge is 0.247 e. The highest BCUT2D eigenvalue weighted by Crippen LogP contribution is 2.38. The van der Waals surface area contributed by atoms with Crippen molar-refractivity contribution in [2.24, 2.45) is 0 Å². The fourth-order valence-corrected chi connectivity index (χ4v) is 5.21. The van der Waals surface area contributed by atoms with Crippen LogP contribution in [0.15, 0.2) is 60.7 Å². The Morgan fingerprint density at radius 1 is 0.700 bits per heavy atom. The van der Waals surface area contributed by atoms with Crippen molar-refractivity contribution in [3.05, 3.63) is 77.5 Å². The van der Waals surface area contributed by atoms with Crippen LogP contribution in [0.5, 0.6) is 0 Å². The van der Waals surface area contributed by atoms with Gasteiger partial charge in [0.25, 0.3) is 0 Å². The average molecular weight is 386 g/mol. The lowest BCUT2D eigenvalue weighted by Crippen LogP contribution is -2.30. The van der Waals surface area contributed by atoms with Crippen molar-refractivity contribution in [3.8, 4) is 0 Å². The van der Waals surface area contributed by atoms with Crippen molar-refractivity contribution in [1.82, 2.24) is 10.1 Å². The first-order chi connectivity index (χ1) is 14.6. The van der Waals surface area contributed by atoms with Gasteiger partial charge in [-0.15, -0.1) is 0 Å². The summed E-state index contributed by atoms with van der Waals surface area (Å²) in [6.07, 6.45) is 0. The van der Waals surface area contributed by atoms with Crippen LogP contribution in [-0.2, 0) is 0 Å². The van der Waals surface area contributed by atoms with Gasteiger partial charge in [-0.25, -0.2) is 4.98 Å². The molecule has 0 aliphatic carbocycles. The number of nitrogens with zero attached hydrogens (tertiary/aromatic N) is 2. The number of benzene rings is 3. The van der Waals surface area contributed by atoms with Crippen molar-refractivity contribution in [3.63, 3.8) is 0 Å². The minimum absolute atomic E-state index is 1.06. The molecule has 0 unspecified atom stereocenters. The Kier molecular flexibility index (Phi) is 2.82. The maximum Gasteiger partial charge on any atom is 0.246 e. The van der Waals surface area contributed by atoms with Gasteiger partial charge in [0, 0.05) is 35.2 Å². The molecule has 3 nitrogen and oxygen atoms in total. The van der Waals surface area contributed by atoms with Crippen LogP contribution in [-0.4, -0.2) is 10.1 Å². The number of rotatable bonds is 0. The predicted octanol–water partition coefficient (Wildman–Crippen LogP) is 6.28. The molecular weight excluding hydrogens is 366 g/mol. The fourth-order valence-electron chi connectivity index (χ4n) is 5.21. The third-order valence-electron chi connectivity index (χ3n) is 6.81. The predicted molar refractivity (Wildman–Crippen MR) is 125 cm³/mol. The molecule has 0 aliphatic rings. The zero-order valence-electron chi connectivity index (χ0n) is 17.2. The molecule has 3 heteroatoms. The molecular formula is C27H20N3+. The Morgan fingerprint density at radius 3 is 2.30 bits per heavy atom. The molecule has 7 rings (SSSR count). The van der Waals surface area contributed by atoms with E-state index in [2.05, 4.69) is 91.0 Å². The molecule has 4 aromatic carbocycles. The van der Waals surface area contributed by atoms with E-state index < -0.39 is 0 Å². The van der Waals surface area contributed by atoms with E-state index in [1.54, 1.807) is 0 Å². The third-order valence-corrected chi connectivity index (χ3v) is 6.81. The van der Waals surface area contributed by atoms with E-state index in [1.165, 1.54) is 59.9 Å². The minimum atomic E-state index is 1.06. The summed E-state index contributed by atoms with van der Waals surface area (Å²) >= 11 is 0. The Bertz CT molecular complexity index is 1820. The number of aromatic nitrogens is 3. The summed E-state index contributed by atoms with van der Waals surface area (Å²) in [5, 5.41) is 12.7. The lowest BCUT2D eigenvalue weighted by Gasteiger charge is -2.01. The van der Waals surface area contributed by atoms with E-state index in [4.69, 9.17) is 4.98 Å². The molecule has 142 valence electrons. The molecule has 0 aliphatic heterocycles. The highest BCUT2D eigenvalue weighted by molar-refractivity contribution is 6.29. The Hall–Kier alpha value is -3.72. The van der Waals surface area contributed by atoms with Crippen molar-refractivity contribution < 1.29 is 4.52 Å². The van der Waals surface area contributed by atoms with Crippen LogP contribution in [0.1, 0.15) is 16.8 Å². The third kappa shape index (κ3) is 1.85. The normalized spacial score (nSPS) is 12.5. The molecule has 0 bridgehead atoms. The van der Waals surface area contributed by atoms with Gasteiger partial charge in [-0.05, 0) is 53.3 Å². The second kappa shape index (κ2) is 5.25. The second-order valence-electron chi connectivity index (χ2n) is 8.59. The summed E-state index contributed by atoms with van der Waals surface area (Å²) < 4.78 is 2.22. The molecule has 3 aromatic heterocycles. The standard InChI is InChI=1S/C27H19N3/c1-14-10-21-22(11-15(14)2)28-23-12-16(3)30-24(26(21)23)13-20-18-8-4-6-17-7-5-9-19(25(17)18)27(20)29-30/h4-13H,1-3H3/p+1. The number of pyridine rings is 1. The van der Waals surface area contributed by atoms with Crippen LogP contribution < -0.4 is 4.52 Å². The topological polar surface area (TPSA) is 32.8 Å². The van der Waals surface area contributed by atoms with Crippen molar-refractivity contribution in [1.29, 1.82) is 0 Å². The molecule has 0 radical (unpaired) electrons. The number of hydrogen-bond acceptors (Lipinski definition) is 1. The van der Waals surface area contributed by atoms with Gasteiger partial charge in [0.2, 0.25) is 11.2 Å². The Balaban J connectivity index is 1.78. The van der Waals surface area contributed by atoms with Crippen LogP contribution in [0.25, 0.3) is 59.8 Å². The van der Waals surface area contributed by atoms with Gasteiger partial charge in [0.05, 0.1) is 16.4 Å². The summed E-state index contributed by atoms with van der Waals surface area (Å²) in [4.78, 5) is 4.97. The average Bonchev–Trinajstić information content (AvgIpc) is 3.24. The summed E-state index contributed by atoms with van der Waals surface area (Å²) in [6, 6.07) is 22.2. The number of fused-ring (bicyclic) bond motifs is 8. The van der Waals surface area contributed by atoms with Crippen molar-refractivity contribution >= 4 is 59.8 Å². The second-order valence-corrected chi connectivity index (χ2v) is 8.59. The lowest BCUT2D eigenvalue weighted by molar-refractivity contribution is -0.583. The van der Waals surface area contributed by atoms with Gasteiger partial charge in [0.15, 0.2) is 0 Å². The zero-order chi connectivity index (χ0) is 20.1. The molecule has 0 amide bonds. The smallest absolute Gasteiger partial charge is 0.246 e. The Labute approximate surface area is 172 Å². The summed E-state index contributed by atoms with van der Waals surface area (Å²) in [5.41, 5.74) is 8.25. The van der Waals surface area contributed by atoms with E-state index in [0.29, 0.717) is 0 Å². The van der Waals surface area contributed by atoms with Crippen LogP contribution in [0.2, 0.25) is 0 Å². The molecule has 3 heterocycles. The first-order valence-electron chi connectivity index (χ1n) is 10.4. The van der Waals surface area contributed by atoms with Crippen LogP contribution >= 0.6 is 0 Å². The SMILES string of the molecule is Cc1cc2nc3cc(C)[n+]4[nH]c5c(cc4c3c2cc1C)c1cccc2cccc5c21. The monoisotopic (exact) mass is 386 g/mol. The lowest BCUT2D eigenvalue weighted by atomic mass is 10.0. The highest BCUT2D eigenvalue weighted by Gasteiger charge is 2.22. The minimum Gasteiger partial charge on any atom is -0.247 e. The maximum atomic E-state index is 4.97. The van der Waals surface area contributed by atoms with E-state index in [9.17, 15) is 0 Å². The van der Waals surface area contributed by atoms with Gasteiger partial charge in [0.1, 0.15) is 5.52 Å². The summed E-state index contributed by atoms with van der Waals surface area (Å²) in [7, 11) is 0. The van der Waals surface area contributed by atoms with Gasteiger partial charge >= 0.3 is 0 Å². The molecule has 0 atom stereocenters. The molecule has 1 N–H and O–H groups in total. The van der Waals surface area contributed by atoms with E-state index in [1.807, 2.05) is 0 Å². The number of aromatic amines is 1. The molecule has 7 aromatic rings. The highest BCUT2D eigenvalue weighted by atomic mass is 15.2. The molecule has 0 fully saturated rings. The van der Waals surface area contributed by atoms with Crippen LogP contribution in [0, 0.1) is 20.8 Å². The summed E-state index contributed by atoms with van der Waals surface area (Å²) in [5.74, 6) is 0. The van der Waals surface area contributed by atoms with Crippen molar-refractivity contribution in [2.75, 3.05) is 0 Å². The number of nitrogens with one attached hydrogen (secondary N) is 1. The quantitative estimate of drug-likeness (QED) is 0.306. The van der Waals surface area contributed by atoms with Gasteiger partial charge in [-0.2, -0.15) is 5.10 Å². The first kappa shape index (κ1) is 16.1. The summed E-state index contributed by atoms with van der Waals surface area (Å²) in [6.45, 7) is 6.48. The zero-order valence-corrected chi connectivity index (χ0v) is 17.2. The van der Waals surface area contributed by atoms with Gasteiger partial charge in [-0.1, -0.05) is 40.9 Å². The maximum absolute atomic E-state index is 4.97. The van der Waals surface area contributed by atoms with E-state index >= 15 is 0 Å². The van der Waals surface area contributed by atoms with Crippen LogP contribution in [0.4, 0.5) is 0 Å². The fraction of sp³-hybridized carbons (Fsp3) is 0.111. The molecule has 0 spiro atoms. The van der Waals surface area contributed by atoms with Crippen LogP contribution in [0.3, 0.4) is 0 Å².